The van der Waals surface area contributed by atoms with Gasteiger partial charge in [0.1, 0.15) is 0 Å². The van der Waals surface area contributed by atoms with Gasteiger partial charge in [-0.1, -0.05) is 65.7 Å². The molecule has 1 aliphatic heterocycles. The average Bonchev–Trinajstić information content (AvgIpc) is 3.47. The maximum absolute atomic E-state index is 13.3. The summed E-state index contributed by atoms with van der Waals surface area (Å²) in [6.07, 6.45) is 0. The minimum Gasteiger partial charge on any atom is -0.222 e. The second-order valence-electron chi connectivity index (χ2n) is 7.25. The summed E-state index contributed by atoms with van der Waals surface area (Å²) in [4.78, 5) is 0.210. The Morgan fingerprint density at radius 1 is 0.655 bits per heavy atom. The average molecular weight is 428 g/mol. The van der Waals surface area contributed by atoms with Crippen LogP contribution in [0, 0.1) is 13.8 Å². The molecule has 4 rings (SSSR count). The van der Waals surface area contributed by atoms with Crippen LogP contribution in [0.3, 0.4) is 0 Å². The van der Waals surface area contributed by atoms with Gasteiger partial charge in [0.2, 0.25) is 10.0 Å². The van der Waals surface area contributed by atoms with E-state index in [1.807, 2.05) is 19.9 Å². The Labute approximate surface area is 171 Å². The van der Waals surface area contributed by atoms with Crippen LogP contribution < -0.4 is 0 Å². The Hall–Kier alpha value is -2.48. The number of nitrogens with zero attached hydrogens (tertiary/aromatic N) is 1. The molecule has 0 amide bonds. The van der Waals surface area contributed by atoms with Crippen molar-refractivity contribution < 1.29 is 16.8 Å². The zero-order valence-electron chi connectivity index (χ0n) is 16.1. The first-order valence-electron chi connectivity index (χ1n) is 9.19. The van der Waals surface area contributed by atoms with Crippen molar-refractivity contribution in [1.29, 1.82) is 0 Å². The lowest BCUT2D eigenvalue weighted by Gasteiger charge is -2.08. The smallest absolute Gasteiger partial charge is 0.222 e. The van der Waals surface area contributed by atoms with E-state index in [1.54, 1.807) is 48.5 Å². The molecule has 1 fully saturated rings. The fourth-order valence-electron chi connectivity index (χ4n) is 3.44. The third-order valence-corrected chi connectivity index (χ3v) is 9.17. The van der Waals surface area contributed by atoms with Gasteiger partial charge in [-0.15, -0.1) is 0 Å². The molecule has 7 heteroatoms. The van der Waals surface area contributed by atoms with Gasteiger partial charge in [-0.2, -0.15) is 4.31 Å². The highest BCUT2D eigenvalue weighted by Crippen LogP contribution is 2.51. The van der Waals surface area contributed by atoms with Gasteiger partial charge in [0.15, 0.2) is 15.2 Å². The molecule has 29 heavy (non-hydrogen) atoms. The van der Waals surface area contributed by atoms with Gasteiger partial charge in [0.25, 0.3) is 0 Å². The molecule has 0 aromatic heterocycles. The third-order valence-electron chi connectivity index (χ3n) is 5.11. The highest BCUT2D eigenvalue weighted by Gasteiger charge is 2.63. The number of rotatable bonds is 5. The molecule has 1 unspecified atom stereocenters. The molecule has 1 heterocycles. The predicted molar refractivity (Wildman–Crippen MR) is 112 cm³/mol. The Morgan fingerprint density at radius 2 is 1.14 bits per heavy atom. The summed E-state index contributed by atoms with van der Waals surface area (Å²) in [7, 11) is -7.86. The van der Waals surface area contributed by atoms with E-state index < -0.39 is 31.3 Å². The highest BCUT2D eigenvalue weighted by molar-refractivity contribution is 7.95. The zero-order chi connectivity index (χ0) is 20.8. The van der Waals surface area contributed by atoms with Crippen LogP contribution in [0.2, 0.25) is 0 Å². The quantitative estimate of drug-likeness (QED) is 0.580. The molecule has 150 valence electrons. The van der Waals surface area contributed by atoms with Crippen LogP contribution >= 0.6 is 0 Å². The summed E-state index contributed by atoms with van der Waals surface area (Å²) in [5, 5.41) is -1.17. The number of sulfone groups is 1. The number of aryl methyl sites for hydroxylation is 2. The molecule has 3 aromatic rings. The van der Waals surface area contributed by atoms with Crippen LogP contribution in [0.25, 0.3) is 0 Å². The fraction of sp³-hybridized carbons (Fsp3) is 0.182. The van der Waals surface area contributed by atoms with Gasteiger partial charge in [-0.05, 0) is 43.7 Å². The Kier molecular flexibility index (Phi) is 4.85. The number of benzene rings is 3. The summed E-state index contributed by atoms with van der Waals surface area (Å²) in [5.74, 6) is 0. The molecular weight excluding hydrogens is 406 g/mol. The number of hydrogen-bond donors (Lipinski definition) is 0. The lowest BCUT2D eigenvalue weighted by atomic mass is 10.2. The van der Waals surface area contributed by atoms with Gasteiger partial charge in [-0.25, -0.2) is 16.8 Å². The van der Waals surface area contributed by atoms with Crippen LogP contribution in [-0.2, 0) is 19.9 Å². The van der Waals surface area contributed by atoms with Crippen LogP contribution in [-0.4, -0.2) is 26.5 Å². The minimum absolute atomic E-state index is 0.0886. The van der Waals surface area contributed by atoms with E-state index in [4.69, 9.17) is 0 Å². The van der Waals surface area contributed by atoms with Crippen molar-refractivity contribution in [1.82, 2.24) is 4.31 Å². The molecule has 0 spiro atoms. The largest absolute Gasteiger partial charge is 0.244 e. The lowest BCUT2D eigenvalue weighted by Crippen LogP contribution is -2.20. The summed E-state index contributed by atoms with van der Waals surface area (Å²) in [6, 6.07) is 21.1. The standard InChI is InChI=1S/C22H21NO4S2/c1-16-8-12-19(13-9-16)28(24,25)22-21(18-6-4-3-5-7-18)23(22)29(26,27)20-14-10-17(2)11-15-20/h3-15,21-22H,1-2H3/t21-,22-,23?/m1/s1. The molecule has 0 N–H and O–H groups in total. The summed E-state index contributed by atoms with van der Waals surface area (Å²) in [6.45, 7) is 3.74. The van der Waals surface area contributed by atoms with E-state index in [0.29, 0.717) is 5.56 Å². The number of hydrogen-bond acceptors (Lipinski definition) is 4. The van der Waals surface area contributed by atoms with E-state index >= 15 is 0 Å². The topological polar surface area (TPSA) is 71.3 Å². The van der Waals surface area contributed by atoms with Gasteiger partial charge in [-0.3, -0.25) is 0 Å². The van der Waals surface area contributed by atoms with Crippen molar-refractivity contribution in [3.8, 4) is 0 Å². The second-order valence-corrected chi connectivity index (χ2v) is 11.1. The van der Waals surface area contributed by atoms with Crippen molar-refractivity contribution in [2.45, 2.75) is 35.1 Å². The van der Waals surface area contributed by atoms with Gasteiger partial charge >= 0.3 is 0 Å². The lowest BCUT2D eigenvalue weighted by molar-refractivity contribution is 0.546. The van der Waals surface area contributed by atoms with Crippen LogP contribution in [0.5, 0.6) is 0 Å². The Bertz CT molecular complexity index is 1150. The van der Waals surface area contributed by atoms with E-state index in [9.17, 15) is 16.8 Å². The first-order chi connectivity index (χ1) is 13.7. The molecule has 5 nitrogen and oxygen atoms in total. The highest BCUT2D eigenvalue weighted by atomic mass is 32.2. The van der Waals surface area contributed by atoms with E-state index in [2.05, 4.69) is 0 Å². The monoisotopic (exact) mass is 427 g/mol. The SMILES string of the molecule is Cc1ccc(S(=O)(=O)[C@@H]2[C@@H](c3ccccc3)N2S(=O)(=O)c2ccc(C)cc2)cc1. The third kappa shape index (κ3) is 3.50. The minimum atomic E-state index is -3.97. The van der Waals surface area contributed by atoms with Crippen molar-refractivity contribution in [3.63, 3.8) is 0 Å². The second kappa shape index (κ2) is 7.09. The first kappa shape index (κ1) is 19.8. The predicted octanol–water partition coefficient (Wildman–Crippen LogP) is 3.85. The molecule has 1 aliphatic rings. The van der Waals surface area contributed by atoms with Crippen molar-refractivity contribution in [2.24, 2.45) is 0 Å². The molecule has 1 saturated heterocycles. The van der Waals surface area contributed by atoms with Crippen LogP contribution in [0.15, 0.2) is 88.7 Å². The first-order valence-corrected chi connectivity index (χ1v) is 12.2. The molecule has 0 radical (unpaired) electrons. The van der Waals surface area contributed by atoms with Crippen molar-refractivity contribution in [3.05, 3.63) is 95.6 Å². The molecule has 0 aliphatic carbocycles. The van der Waals surface area contributed by atoms with E-state index in [1.165, 1.54) is 24.3 Å². The van der Waals surface area contributed by atoms with Crippen molar-refractivity contribution >= 4 is 19.9 Å². The van der Waals surface area contributed by atoms with Gasteiger partial charge in [0, 0.05) is 0 Å². The molecule has 0 bridgehead atoms. The van der Waals surface area contributed by atoms with Gasteiger partial charge in [0.05, 0.1) is 15.8 Å². The van der Waals surface area contributed by atoms with Crippen molar-refractivity contribution in [2.75, 3.05) is 0 Å². The number of sulfonamides is 1. The summed E-state index contributed by atoms with van der Waals surface area (Å²) < 4.78 is 54.3. The summed E-state index contributed by atoms with van der Waals surface area (Å²) >= 11 is 0. The van der Waals surface area contributed by atoms with Gasteiger partial charge < -0.3 is 0 Å². The zero-order valence-corrected chi connectivity index (χ0v) is 17.7. The maximum atomic E-state index is 13.3. The molecule has 0 saturated carbocycles. The van der Waals surface area contributed by atoms with Crippen LogP contribution in [0.4, 0.5) is 0 Å². The normalized spacial score (nSPS) is 21.7. The molecular formula is C22H21NO4S2. The van der Waals surface area contributed by atoms with Crippen LogP contribution in [0.1, 0.15) is 22.7 Å². The van der Waals surface area contributed by atoms with E-state index in [-0.39, 0.29) is 9.79 Å². The summed E-state index contributed by atoms with van der Waals surface area (Å²) in [5.41, 5.74) is 2.52. The maximum Gasteiger partial charge on any atom is 0.244 e. The fourth-order valence-corrected chi connectivity index (χ4v) is 7.55. The molecule has 3 aromatic carbocycles. The van der Waals surface area contributed by atoms with E-state index in [0.717, 1.165) is 15.4 Å². The Morgan fingerprint density at radius 3 is 1.66 bits per heavy atom. The molecule has 3 atom stereocenters. The Balaban J connectivity index is 1.80.